The number of aldehydes is 2. The molecule has 0 aliphatic heterocycles. The number of rotatable bonds is 9. The van der Waals surface area contributed by atoms with Gasteiger partial charge in [0.1, 0.15) is 34.7 Å². The summed E-state index contributed by atoms with van der Waals surface area (Å²) in [6.07, 6.45) is 0.0621. The monoisotopic (exact) mass is 681 g/mol. The smallest absolute Gasteiger partial charge is 0.428 e. The first kappa shape index (κ1) is 36.6. The standard InChI is InChI=1S/C37H35N3O10/c1-9-30(43)46-24-12-15-25(23(18-24)20-42)31-38-32(26-13-10-21(2)16-28(26)47-34(44)49-36(3,4)5)40-33(39-31)27-14-11-22(19-41)17-29(27)48-35(45)50-37(6,7)8/h9-20H,1H2,2-8H3. The van der Waals surface area contributed by atoms with E-state index in [2.05, 4.69) is 21.5 Å². The highest BCUT2D eigenvalue weighted by molar-refractivity contribution is 5.89. The molecule has 13 heteroatoms. The van der Waals surface area contributed by atoms with E-state index in [1.165, 1.54) is 36.4 Å². The molecule has 0 unspecified atom stereocenters. The maximum absolute atomic E-state index is 12.8. The number of nitrogens with zero attached hydrogens (tertiary/aromatic N) is 3. The third kappa shape index (κ3) is 9.66. The van der Waals surface area contributed by atoms with Crippen molar-refractivity contribution >= 4 is 30.9 Å². The zero-order valence-electron chi connectivity index (χ0n) is 28.6. The normalized spacial score (nSPS) is 11.2. The van der Waals surface area contributed by atoms with Crippen LogP contribution in [0.2, 0.25) is 0 Å². The van der Waals surface area contributed by atoms with E-state index in [4.69, 9.17) is 23.7 Å². The first-order valence-corrected chi connectivity index (χ1v) is 15.2. The number of aryl methyl sites for hydroxylation is 1. The highest BCUT2D eigenvalue weighted by Gasteiger charge is 2.25. The Hall–Kier alpha value is -6.24. The zero-order chi connectivity index (χ0) is 36.8. The molecule has 0 saturated carbocycles. The molecule has 50 heavy (non-hydrogen) atoms. The molecule has 0 N–H and O–H groups in total. The van der Waals surface area contributed by atoms with Crippen LogP contribution in [-0.2, 0) is 14.3 Å². The molecular weight excluding hydrogens is 646 g/mol. The van der Waals surface area contributed by atoms with Crippen molar-refractivity contribution in [2.75, 3.05) is 0 Å². The molecule has 0 atom stereocenters. The summed E-state index contributed by atoms with van der Waals surface area (Å²) in [5.74, 6) is -0.796. The molecule has 4 aromatic rings. The third-order valence-corrected chi connectivity index (χ3v) is 6.34. The zero-order valence-corrected chi connectivity index (χ0v) is 28.6. The van der Waals surface area contributed by atoms with Crippen LogP contribution in [0.3, 0.4) is 0 Å². The second kappa shape index (κ2) is 14.9. The molecule has 258 valence electrons. The summed E-state index contributed by atoms with van der Waals surface area (Å²) >= 11 is 0. The number of hydrogen-bond donors (Lipinski definition) is 0. The average Bonchev–Trinajstić information content (AvgIpc) is 3.02. The Kier molecular flexibility index (Phi) is 10.9. The van der Waals surface area contributed by atoms with E-state index in [1.807, 2.05) is 0 Å². The van der Waals surface area contributed by atoms with Crippen LogP contribution in [0.25, 0.3) is 34.2 Å². The van der Waals surface area contributed by atoms with Crippen molar-refractivity contribution < 1.29 is 47.7 Å². The number of carbonyl (C=O) groups is 5. The Morgan fingerprint density at radius 3 is 1.64 bits per heavy atom. The summed E-state index contributed by atoms with van der Waals surface area (Å²) in [5.41, 5.74) is -0.146. The molecule has 4 rings (SSSR count). The molecular formula is C37H35N3O10. The second-order valence-corrected chi connectivity index (χ2v) is 12.8. The molecule has 1 aromatic heterocycles. The van der Waals surface area contributed by atoms with E-state index in [0.29, 0.717) is 12.6 Å². The molecule has 0 amide bonds. The van der Waals surface area contributed by atoms with Crippen LogP contribution in [0.15, 0.2) is 67.3 Å². The topological polar surface area (TPSA) is 170 Å². The quantitative estimate of drug-likeness (QED) is 0.0559. The first-order valence-electron chi connectivity index (χ1n) is 15.2. The largest absolute Gasteiger partial charge is 0.514 e. The lowest BCUT2D eigenvalue weighted by Gasteiger charge is -2.20. The lowest BCUT2D eigenvalue weighted by molar-refractivity contribution is -0.128. The van der Waals surface area contributed by atoms with Gasteiger partial charge < -0.3 is 23.7 Å². The Labute approximate surface area is 288 Å². The fourth-order valence-corrected chi connectivity index (χ4v) is 4.30. The number of esters is 1. The average molecular weight is 682 g/mol. The Morgan fingerprint density at radius 1 is 0.640 bits per heavy atom. The molecule has 0 aliphatic rings. The van der Waals surface area contributed by atoms with Gasteiger partial charge in [0.25, 0.3) is 0 Å². The molecule has 0 fully saturated rings. The molecule has 3 aromatic carbocycles. The van der Waals surface area contributed by atoms with Gasteiger partial charge in [-0.3, -0.25) is 9.59 Å². The molecule has 0 saturated heterocycles. The van der Waals surface area contributed by atoms with Crippen LogP contribution in [0, 0.1) is 6.92 Å². The van der Waals surface area contributed by atoms with Gasteiger partial charge in [-0.05, 0) is 96.5 Å². The Bertz CT molecular complexity index is 1990. The van der Waals surface area contributed by atoms with Crippen LogP contribution in [0.4, 0.5) is 9.59 Å². The summed E-state index contributed by atoms with van der Waals surface area (Å²) in [7, 11) is 0. The molecule has 0 bridgehead atoms. The first-order chi connectivity index (χ1) is 23.5. The lowest BCUT2D eigenvalue weighted by atomic mass is 10.1. The fraction of sp³-hybridized carbons (Fsp3) is 0.243. The van der Waals surface area contributed by atoms with Crippen molar-refractivity contribution in [2.45, 2.75) is 59.7 Å². The highest BCUT2D eigenvalue weighted by atomic mass is 16.7. The van der Waals surface area contributed by atoms with Crippen molar-refractivity contribution in [3.05, 3.63) is 83.9 Å². The molecule has 1 heterocycles. The van der Waals surface area contributed by atoms with Gasteiger partial charge in [-0.2, -0.15) is 0 Å². The minimum atomic E-state index is -1.05. The number of ether oxygens (including phenoxy) is 5. The van der Waals surface area contributed by atoms with Crippen molar-refractivity contribution in [3.63, 3.8) is 0 Å². The number of benzene rings is 3. The Morgan fingerprint density at radius 2 is 1.14 bits per heavy atom. The van der Waals surface area contributed by atoms with Gasteiger partial charge in [-0.25, -0.2) is 29.3 Å². The van der Waals surface area contributed by atoms with Gasteiger partial charge in [0, 0.05) is 22.8 Å². The summed E-state index contributed by atoms with van der Waals surface area (Å²) in [6.45, 7) is 15.2. The van der Waals surface area contributed by atoms with E-state index < -0.39 is 29.5 Å². The fourth-order valence-electron chi connectivity index (χ4n) is 4.30. The van der Waals surface area contributed by atoms with Crippen molar-refractivity contribution in [1.29, 1.82) is 0 Å². The highest BCUT2D eigenvalue weighted by Crippen LogP contribution is 2.36. The maximum Gasteiger partial charge on any atom is 0.514 e. The summed E-state index contributed by atoms with van der Waals surface area (Å²) in [4.78, 5) is 75.2. The van der Waals surface area contributed by atoms with E-state index >= 15 is 0 Å². The minimum Gasteiger partial charge on any atom is -0.428 e. The SMILES string of the molecule is C=CC(=O)Oc1ccc(-c2nc(-c3ccc(C)cc3OC(=O)OC(C)(C)C)nc(-c3ccc(C=O)cc3OC(=O)OC(C)(C)C)n2)c(C=O)c1. The predicted octanol–water partition coefficient (Wildman–Crippen LogP) is 7.53. The lowest BCUT2D eigenvalue weighted by Crippen LogP contribution is -2.26. The maximum atomic E-state index is 12.8. The van der Waals surface area contributed by atoms with E-state index in [0.717, 1.165) is 11.6 Å². The van der Waals surface area contributed by atoms with Crippen molar-refractivity contribution in [2.24, 2.45) is 0 Å². The van der Waals surface area contributed by atoms with E-state index in [-0.39, 0.29) is 62.5 Å². The summed E-state index contributed by atoms with van der Waals surface area (Å²) in [6, 6.07) is 13.5. The van der Waals surface area contributed by atoms with Crippen LogP contribution in [0.5, 0.6) is 17.2 Å². The minimum absolute atomic E-state index is 0.00903. The van der Waals surface area contributed by atoms with Crippen LogP contribution < -0.4 is 14.2 Å². The number of hydrogen-bond acceptors (Lipinski definition) is 13. The Balaban J connectivity index is 1.97. The van der Waals surface area contributed by atoms with Crippen LogP contribution in [0.1, 0.15) is 67.8 Å². The van der Waals surface area contributed by atoms with Crippen molar-refractivity contribution in [1.82, 2.24) is 15.0 Å². The van der Waals surface area contributed by atoms with Crippen molar-refractivity contribution in [3.8, 4) is 51.4 Å². The van der Waals surface area contributed by atoms with Gasteiger partial charge in [0.15, 0.2) is 23.8 Å². The van der Waals surface area contributed by atoms with Crippen LogP contribution >= 0.6 is 0 Å². The predicted molar refractivity (Wildman–Crippen MR) is 181 cm³/mol. The van der Waals surface area contributed by atoms with Crippen LogP contribution in [-0.4, -0.2) is 57.0 Å². The molecule has 0 spiro atoms. The number of aromatic nitrogens is 3. The number of carbonyl (C=O) groups excluding carboxylic acids is 5. The van der Waals surface area contributed by atoms with Gasteiger partial charge in [-0.1, -0.05) is 18.7 Å². The second-order valence-electron chi connectivity index (χ2n) is 12.8. The van der Waals surface area contributed by atoms with E-state index in [9.17, 15) is 24.0 Å². The van der Waals surface area contributed by atoms with Gasteiger partial charge in [-0.15, -0.1) is 0 Å². The molecule has 0 radical (unpaired) electrons. The van der Waals surface area contributed by atoms with Gasteiger partial charge in [0.05, 0.1) is 11.1 Å². The van der Waals surface area contributed by atoms with Gasteiger partial charge in [0.2, 0.25) is 0 Å². The summed E-state index contributed by atoms with van der Waals surface area (Å²) < 4.78 is 27.0. The summed E-state index contributed by atoms with van der Waals surface area (Å²) in [5, 5.41) is 0. The molecule has 0 aliphatic carbocycles. The molecule has 13 nitrogen and oxygen atoms in total. The third-order valence-electron chi connectivity index (χ3n) is 6.34. The van der Waals surface area contributed by atoms with E-state index in [1.54, 1.807) is 66.7 Å². The van der Waals surface area contributed by atoms with Gasteiger partial charge >= 0.3 is 18.3 Å².